The van der Waals surface area contributed by atoms with E-state index in [9.17, 15) is 0 Å². The Morgan fingerprint density at radius 3 is 2.76 bits per heavy atom. The van der Waals surface area contributed by atoms with E-state index in [1.54, 1.807) is 12.4 Å². The summed E-state index contributed by atoms with van der Waals surface area (Å²) in [6.07, 6.45) is 5.43. The normalized spacial score (nSPS) is 11.1. The summed E-state index contributed by atoms with van der Waals surface area (Å²) in [6, 6.07) is 14.6. The number of benzene rings is 1. The quantitative estimate of drug-likeness (QED) is 0.522. The van der Waals surface area contributed by atoms with Gasteiger partial charge in [-0.1, -0.05) is 12.1 Å². The molecule has 100 valence electrons. The molecule has 3 heterocycles. The first-order chi connectivity index (χ1) is 10.3. The van der Waals surface area contributed by atoms with E-state index in [2.05, 4.69) is 39.2 Å². The van der Waals surface area contributed by atoms with Gasteiger partial charge in [0, 0.05) is 28.9 Å². The van der Waals surface area contributed by atoms with Crippen LogP contribution in [0.1, 0.15) is 5.69 Å². The lowest BCUT2D eigenvalue weighted by atomic mass is 10.0. The van der Waals surface area contributed by atoms with E-state index in [1.165, 1.54) is 11.1 Å². The number of hydrogen-bond acceptors (Lipinski definition) is 3. The summed E-state index contributed by atoms with van der Waals surface area (Å²) in [6.45, 7) is 2.01. The van der Waals surface area contributed by atoms with Gasteiger partial charge in [-0.3, -0.25) is 15.0 Å². The molecule has 0 bridgehead atoms. The van der Waals surface area contributed by atoms with Gasteiger partial charge in [-0.15, -0.1) is 0 Å². The Labute approximate surface area is 122 Å². The summed E-state index contributed by atoms with van der Waals surface area (Å²) in [7, 11) is 0. The molecule has 0 spiro atoms. The Morgan fingerprint density at radius 2 is 1.81 bits per heavy atom. The summed E-state index contributed by atoms with van der Waals surface area (Å²) in [5.74, 6) is 0. The summed E-state index contributed by atoms with van der Waals surface area (Å²) < 4.78 is 0. The standard InChI is InChI=1S/C18H13N3/c1-12-2-3-14-10-13(4-5-17(14)21-12)15-7-9-20-18-11-19-8-6-16(15)18/h2-11H,1H3. The molecule has 1 aromatic carbocycles. The van der Waals surface area contributed by atoms with Gasteiger partial charge in [0.25, 0.3) is 0 Å². The minimum absolute atomic E-state index is 0.914. The topological polar surface area (TPSA) is 38.7 Å². The highest BCUT2D eigenvalue weighted by Crippen LogP contribution is 2.29. The second kappa shape index (κ2) is 4.63. The molecule has 0 atom stereocenters. The Morgan fingerprint density at radius 1 is 0.857 bits per heavy atom. The molecule has 21 heavy (non-hydrogen) atoms. The predicted molar refractivity (Wildman–Crippen MR) is 85.0 cm³/mol. The van der Waals surface area contributed by atoms with Crippen LogP contribution in [-0.4, -0.2) is 15.0 Å². The molecule has 0 radical (unpaired) electrons. The van der Waals surface area contributed by atoms with Crippen LogP contribution in [0.3, 0.4) is 0 Å². The van der Waals surface area contributed by atoms with Crippen molar-refractivity contribution < 1.29 is 0 Å². The number of nitrogens with zero attached hydrogens (tertiary/aromatic N) is 3. The molecule has 3 heteroatoms. The Balaban J connectivity index is 1.98. The van der Waals surface area contributed by atoms with Crippen molar-refractivity contribution in [3.8, 4) is 11.1 Å². The van der Waals surface area contributed by atoms with Crippen molar-refractivity contribution in [2.45, 2.75) is 6.92 Å². The van der Waals surface area contributed by atoms with Gasteiger partial charge >= 0.3 is 0 Å². The van der Waals surface area contributed by atoms with Crippen molar-refractivity contribution in [2.24, 2.45) is 0 Å². The maximum absolute atomic E-state index is 4.55. The monoisotopic (exact) mass is 271 g/mol. The molecule has 0 aliphatic carbocycles. The van der Waals surface area contributed by atoms with Crippen molar-refractivity contribution in [3.05, 3.63) is 66.7 Å². The van der Waals surface area contributed by atoms with Gasteiger partial charge < -0.3 is 0 Å². The zero-order valence-corrected chi connectivity index (χ0v) is 11.6. The molecule has 0 saturated heterocycles. The van der Waals surface area contributed by atoms with Gasteiger partial charge in [0.2, 0.25) is 0 Å². The Bertz CT molecular complexity index is 955. The Kier molecular flexibility index (Phi) is 2.64. The molecule has 4 aromatic rings. The Hall–Kier alpha value is -2.81. The maximum atomic E-state index is 4.55. The number of aryl methyl sites for hydroxylation is 1. The first kappa shape index (κ1) is 12.0. The molecule has 0 N–H and O–H groups in total. The summed E-state index contributed by atoms with van der Waals surface area (Å²) >= 11 is 0. The van der Waals surface area contributed by atoms with Gasteiger partial charge in [-0.2, -0.15) is 0 Å². The molecule has 3 nitrogen and oxygen atoms in total. The van der Waals surface area contributed by atoms with Crippen LogP contribution < -0.4 is 0 Å². The summed E-state index contributed by atoms with van der Waals surface area (Å²) in [4.78, 5) is 13.1. The third-order valence-corrected chi connectivity index (χ3v) is 3.68. The molecule has 0 aliphatic heterocycles. The number of pyridine rings is 3. The van der Waals surface area contributed by atoms with Crippen LogP contribution in [0.25, 0.3) is 32.9 Å². The van der Waals surface area contributed by atoms with Gasteiger partial charge in [-0.05, 0) is 48.4 Å². The third kappa shape index (κ3) is 2.03. The third-order valence-electron chi connectivity index (χ3n) is 3.68. The van der Waals surface area contributed by atoms with Crippen molar-refractivity contribution in [1.29, 1.82) is 0 Å². The van der Waals surface area contributed by atoms with Crippen LogP contribution in [0.15, 0.2) is 61.1 Å². The largest absolute Gasteiger partial charge is 0.262 e. The lowest BCUT2D eigenvalue weighted by molar-refractivity contribution is 1.26. The zero-order valence-electron chi connectivity index (χ0n) is 11.6. The van der Waals surface area contributed by atoms with Gasteiger partial charge in [0.1, 0.15) is 0 Å². The van der Waals surface area contributed by atoms with E-state index >= 15 is 0 Å². The van der Waals surface area contributed by atoms with Gasteiger partial charge in [-0.25, -0.2) is 0 Å². The second-order valence-electron chi connectivity index (χ2n) is 5.11. The summed E-state index contributed by atoms with van der Waals surface area (Å²) in [5.41, 5.74) is 5.32. The molecule has 3 aromatic heterocycles. The number of aromatic nitrogens is 3. The first-order valence-corrected chi connectivity index (χ1v) is 6.88. The predicted octanol–water partition coefficient (Wildman–Crippen LogP) is 4.15. The number of fused-ring (bicyclic) bond motifs is 2. The lowest BCUT2D eigenvalue weighted by Gasteiger charge is -2.07. The van der Waals surface area contributed by atoms with E-state index in [-0.39, 0.29) is 0 Å². The van der Waals surface area contributed by atoms with Gasteiger partial charge in [0.15, 0.2) is 0 Å². The highest BCUT2D eigenvalue weighted by atomic mass is 14.7. The fraction of sp³-hybridized carbons (Fsp3) is 0.0556. The van der Waals surface area contributed by atoms with Crippen molar-refractivity contribution in [1.82, 2.24) is 15.0 Å². The fourth-order valence-electron chi connectivity index (χ4n) is 2.65. The highest BCUT2D eigenvalue weighted by Gasteiger charge is 2.05. The van der Waals surface area contributed by atoms with E-state index in [0.29, 0.717) is 0 Å². The van der Waals surface area contributed by atoms with E-state index in [0.717, 1.165) is 27.5 Å². The minimum atomic E-state index is 0.914. The molecular formula is C18H13N3. The van der Waals surface area contributed by atoms with Crippen LogP contribution >= 0.6 is 0 Å². The average molecular weight is 271 g/mol. The summed E-state index contributed by atoms with van der Waals surface area (Å²) in [5, 5.41) is 2.27. The average Bonchev–Trinajstić information content (AvgIpc) is 2.54. The zero-order chi connectivity index (χ0) is 14.2. The molecule has 0 unspecified atom stereocenters. The van der Waals surface area contributed by atoms with Crippen LogP contribution in [0, 0.1) is 6.92 Å². The second-order valence-corrected chi connectivity index (χ2v) is 5.11. The van der Waals surface area contributed by atoms with Crippen LogP contribution in [0.5, 0.6) is 0 Å². The van der Waals surface area contributed by atoms with Crippen molar-refractivity contribution in [2.75, 3.05) is 0 Å². The van der Waals surface area contributed by atoms with Gasteiger partial charge in [0.05, 0.1) is 17.2 Å². The molecular weight excluding hydrogens is 258 g/mol. The molecule has 0 aliphatic rings. The lowest BCUT2D eigenvalue weighted by Crippen LogP contribution is -1.87. The molecule has 4 rings (SSSR count). The molecule has 0 amide bonds. The minimum Gasteiger partial charge on any atom is -0.262 e. The van der Waals surface area contributed by atoms with E-state index in [1.807, 2.05) is 31.3 Å². The van der Waals surface area contributed by atoms with Crippen LogP contribution in [-0.2, 0) is 0 Å². The van der Waals surface area contributed by atoms with E-state index in [4.69, 9.17) is 0 Å². The van der Waals surface area contributed by atoms with Crippen molar-refractivity contribution in [3.63, 3.8) is 0 Å². The highest BCUT2D eigenvalue weighted by molar-refractivity contribution is 5.96. The first-order valence-electron chi connectivity index (χ1n) is 6.88. The number of rotatable bonds is 1. The molecule has 0 fully saturated rings. The molecule has 0 saturated carbocycles. The maximum Gasteiger partial charge on any atom is 0.0891 e. The van der Waals surface area contributed by atoms with Crippen LogP contribution in [0.4, 0.5) is 0 Å². The smallest absolute Gasteiger partial charge is 0.0891 e. The fourth-order valence-corrected chi connectivity index (χ4v) is 2.65. The number of hydrogen-bond donors (Lipinski definition) is 0. The van der Waals surface area contributed by atoms with Crippen molar-refractivity contribution >= 4 is 21.8 Å². The SMILES string of the molecule is Cc1ccc2cc(-c3ccnc4cnccc34)ccc2n1. The van der Waals surface area contributed by atoms with E-state index < -0.39 is 0 Å². The van der Waals surface area contributed by atoms with Crippen LogP contribution in [0.2, 0.25) is 0 Å².